The number of thioether (sulfide) groups is 1. The molecule has 0 saturated carbocycles. The van der Waals surface area contributed by atoms with Gasteiger partial charge in [0.1, 0.15) is 0 Å². The molecule has 0 unspecified atom stereocenters. The molecule has 1 aliphatic rings. The average molecular weight is 375 g/mol. The molecule has 26 heavy (non-hydrogen) atoms. The maximum atomic E-state index is 12.3. The van der Waals surface area contributed by atoms with Crippen molar-refractivity contribution in [3.05, 3.63) is 24.3 Å². The fourth-order valence-corrected chi connectivity index (χ4v) is 4.21. The summed E-state index contributed by atoms with van der Waals surface area (Å²) in [6, 6.07) is 8.18. The molecular weight excluding hydrogens is 350 g/mol. The molecule has 140 valence electrons. The number of amides is 2. The number of carbonyl (C=O) groups excluding carboxylic acids is 2. The number of para-hydroxylation sites is 2. The topological polar surface area (TPSA) is 93.3 Å². The Kier molecular flexibility index (Phi) is 6.16. The number of likely N-dealkylation sites (tertiary alicyclic amines) is 1. The second-order valence-corrected chi connectivity index (χ2v) is 7.44. The Hall–Kier alpha value is -2.06. The van der Waals surface area contributed by atoms with Crippen LogP contribution in [0.15, 0.2) is 29.4 Å². The van der Waals surface area contributed by atoms with Crippen LogP contribution in [0.1, 0.15) is 19.8 Å². The number of benzene rings is 1. The molecule has 8 heteroatoms. The zero-order chi connectivity index (χ0) is 18.5. The van der Waals surface area contributed by atoms with Gasteiger partial charge in [-0.2, -0.15) is 0 Å². The second-order valence-electron chi connectivity index (χ2n) is 6.50. The van der Waals surface area contributed by atoms with Crippen LogP contribution >= 0.6 is 11.8 Å². The molecule has 1 aromatic carbocycles. The van der Waals surface area contributed by atoms with Crippen molar-refractivity contribution < 1.29 is 9.59 Å². The standard InChI is InChI=1S/C18H25N5O2S/c1-2-23-15-6-4-3-5-14(15)21-18(23)26-12-17(25)20-13-7-9-22(10-8-13)11-16(19)24/h3-6,13H,2,7-12H2,1H3,(H2,19,24)(H,20,25). The molecule has 2 heterocycles. The minimum Gasteiger partial charge on any atom is -0.369 e. The number of hydrogen-bond acceptors (Lipinski definition) is 5. The van der Waals surface area contributed by atoms with E-state index in [1.165, 1.54) is 11.8 Å². The van der Waals surface area contributed by atoms with Gasteiger partial charge in [-0.25, -0.2) is 4.98 Å². The van der Waals surface area contributed by atoms with Gasteiger partial charge in [0.15, 0.2) is 5.16 Å². The van der Waals surface area contributed by atoms with Crippen molar-refractivity contribution in [1.29, 1.82) is 0 Å². The van der Waals surface area contributed by atoms with E-state index in [1.54, 1.807) is 0 Å². The van der Waals surface area contributed by atoms with Gasteiger partial charge in [0.05, 0.1) is 23.3 Å². The van der Waals surface area contributed by atoms with E-state index < -0.39 is 0 Å². The molecule has 0 radical (unpaired) electrons. The van der Waals surface area contributed by atoms with E-state index in [9.17, 15) is 9.59 Å². The molecule has 1 fully saturated rings. The molecule has 0 bridgehead atoms. The van der Waals surface area contributed by atoms with E-state index in [4.69, 9.17) is 5.73 Å². The molecule has 1 saturated heterocycles. The monoisotopic (exact) mass is 375 g/mol. The van der Waals surface area contributed by atoms with Gasteiger partial charge in [-0.1, -0.05) is 23.9 Å². The third kappa shape index (κ3) is 4.56. The van der Waals surface area contributed by atoms with Crippen LogP contribution in [0.5, 0.6) is 0 Å². The smallest absolute Gasteiger partial charge is 0.231 e. The Morgan fingerprint density at radius 2 is 2.04 bits per heavy atom. The van der Waals surface area contributed by atoms with Crippen LogP contribution in [0.25, 0.3) is 11.0 Å². The van der Waals surface area contributed by atoms with Crippen LogP contribution in [-0.2, 0) is 16.1 Å². The number of nitrogens with zero attached hydrogens (tertiary/aromatic N) is 3. The van der Waals surface area contributed by atoms with Crippen LogP contribution in [0.4, 0.5) is 0 Å². The summed E-state index contributed by atoms with van der Waals surface area (Å²) in [5.41, 5.74) is 7.28. The Morgan fingerprint density at radius 1 is 1.31 bits per heavy atom. The fraction of sp³-hybridized carbons (Fsp3) is 0.500. The lowest BCUT2D eigenvalue weighted by Crippen LogP contribution is -2.47. The van der Waals surface area contributed by atoms with E-state index in [0.29, 0.717) is 12.3 Å². The van der Waals surface area contributed by atoms with Crippen molar-refractivity contribution in [2.75, 3.05) is 25.4 Å². The zero-order valence-corrected chi connectivity index (χ0v) is 15.8. The average Bonchev–Trinajstić information content (AvgIpc) is 2.98. The highest BCUT2D eigenvalue weighted by molar-refractivity contribution is 7.99. The Balaban J connectivity index is 1.50. The Bertz CT molecular complexity index is 783. The third-order valence-electron chi connectivity index (χ3n) is 4.60. The van der Waals surface area contributed by atoms with Gasteiger partial charge in [-0.3, -0.25) is 14.5 Å². The van der Waals surface area contributed by atoms with Gasteiger partial charge >= 0.3 is 0 Å². The quantitative estimate of drug-likeness (QED) is 0.710. The lowest BCUT2D eigenvalue weighted by atomic mass is 10.1. The summed E-state index contributed by atoms with van der Waals surface area (Å²) in [5, 5.41) is 3.97. The summed E-state index contributed by atoms with van der Waals surface area (Å²) in [4.78, 5) is 29.9. The van der Waals surface area contributed by atoms with Crippen molar-refractivity contribution in [2.24, 2.45) is 5.73 Å². The minimum atomic E-state index is -0.303. The van der Waals surface area contributed by atoms with E-state index >= 15 is 0 Å². The molecule has 3 rings (SSSR count). The largest absolute Gasteiger partial charge is 0.369 e. The summed E-state index contributed by atoms with van der Waals surface area (Å²) >= 11 is 1.47. The number of fused-ring (bicyclic) bond motifs is 1. The van der Waals surface area contributed by atoms with Crippen molar-refractivity contribution in [3.8, 4) is 0 Å². The third-order valence-corrected chi connectivity index (χ3v) is 5.58. The van der Waals surface area contributed by atoms with Crippen LogP contribution in [0.2, 0.25) is 0 Å². The van der Waals surface area contributed by atoms with Gasteiger partial charge in [0, 0.05) is 25.7 Å². The van der Waals surface area contributed by atoms with Gasteiger partial charge < -0.3 is 15.6 Å². The summed E-state index contributed by atoms with van der Waals surface area (Å²) in [6.45, 7) is 4.77. The predicted octanol–water partition coefficient (Wildman–Crippen LogP) is 1.21. The van der Waals surface area contributed by atoms with E-state index in [1.807, 2.05) is 23.1 Å². The summed E-state index contributed by atoms with van der Waals surface area (Å²) in [7, 11) is 0. The molecule has 3 N–H and O–H groups in total. The van der Waals surface area contributed by atoms with E-state index in [-0.39, 0.29) is 17.9 Å². The molecule has 1 aromatic heterocycles. The first-order valence-electron chi connectivity index (χ1n) is 8.95. The molecule has 1 aliphatic heterocycles. The molecule has 7 nitrogen and oxygen atoms in total. The molecule has 2 amide bonds. The summed E-state index contributed by atoms with van der Waals surface area (Å²) in [5.74, 6) is 0.0749. The number of carbonyl (C=O) groups is 2. The van der Waals surface area contributed by atoms with Crippen molar-refractivity contribution in [2.45, 2.75) is 37.5 Å². The maximum Gasteiger partial charge on any atom is 0.231 e. The van der Waals surface area contributed by atoms with Crippen LogP contribution in [0.3, 0.4) is 0 Å². The Morgan fingerprint density at radius 3 is 2.73 bits per heavy atom. The number of hydrogen-bond donors (Lipinski definition) is 2. The predicted molar refractivity (Wildman–Crippen MR) is 103 cm³/mol. The zero-order valence-electron chi connectivity index (χ0n) is 15.0. The highest BCUT2D eigenvalue weighted by Crippen LogP contribution is 2.24. The van der Waals surface area contributed by atoms with Crippen LogP contribution in [0, 0.1) is 0 Å². The minimum absolute atomic E-state index is 0.0260. The van der Waals surface area contributed by atoms with Crippen LogP contribution < -0.4 is 11.1 Å². The number of rotatable bonds is 7. The SMILES string of the molecule is CCn1c(SCC(=O)NC2CCN(CC(N)=O)CC2)nc2ccccc21. The fourth-order valence-electron chi connectivity index (χ4n) is 3.32. The Labute approximate surface area is 157 Å². The highest BCUT2D eigenvalue weighted by Gasteiger charge is 2.21. The number of aromatic nitrogens is 2. The van der Waals surface area contributed by atoms with Gasteiger partial charge in [0.25, 0.3) is 0 Å². The lowest BCUT2D eigenvalue weighted by Gasteiger charge is -2.31. The maximum absolute atomic E-state index is 12.3. The van der Waals surface area contributed by atoms with E-state index in [2.05, 4.69) is 27.9 Å². The first-order valence-corrected chi connectivity index (χ1v) is 9.93. The molecule has 2 aromatic rings. The lowest BCUT2D eigenvalue weighted by molar-refractivity contribution is -0.121. The molecule has 0 atom stereocenters. The number of primary amides is 1. The van der Waals surface area contributed by atoms with Gasteiger partial charge in [-0.15, -0.1) is 0 Å². The normalized spacial score (nSPS) is 16.0. The van der Waals surface area contributed by atoms with E-state index in [0.717, 1.165) is 48.7 Å². The van der Waals surface area contributed by atoms with Crippen LogP contribution in [-0.4, -0.2) is 57.7 Å². The van der Waals surface area contributed by atoms with Crippen molar-refractivity contribution in [1.82, 2.24) is 19.8 Å². The van der Waals surface area contributed by atoms with Gasteiger partial charge in [-0.05, 0) is 31.9 Å². The van der Waals surface area contributed by atoms with Crippen molar-refractivity contribution in [3.63, 3.8) is 0 Å². The number of piperidine rings is 1. The summed E-state index contributed by atoms with van der Waals surface area (Å²) < 4.78 is 2.13. The number of aryl methyl sites for hydroxylation is 1. The second kappa shape index (κ2) is 8.55. The number of imidazole rings is 1. The van der Waals surface area contributed by atoms with Gasteiger partial charge in [0.2, 0.25) is 11.8 Å². The van der Waals surface area contributed by atoms with Crippen molar-refractivity contribution >= 4 is 34.6 Å². The number of nitrogens with two attached hydrogens (primary N) is 1. The molecular formula is C18H25N5O2S. The highest BCUT2D eigenvalue weighted by atomic mass is 32.2. The summed E-state index contributed by atoms with van der Waals surface area (Å²) in [6.07, 6.45) is 1.69. The first kappa shape index (κ1) is 18.7. The molecule has 0 spiro atoms. The first-order chi connectivity index (χ1) is 12.6. The molecule has 0 aliphatic carbocycles. The number of nitrogens with one attached hydrogen (secondary N) is 1.